The second kappa shape index (κ2) is 4.90. The van der Waals surface area contributed by atoms with E-state index in [2.05, 4.69) is 12.1 Å². The van der Waals surface area contributed by atoms with E-state index in [0.29, 0.717) is 5.58 Å². The van der Waals surface area contributed by atoms with Crippen LogP contribution < -0.4 is 5.73 Å². The third-order valence-electron chi connectivity index (χ3n) is 4.00. The van der Waals surface area contributed by atoms with Crippen molar-refractivity contribution in [3.63, 3.8) is 0 Å². The molecular weight excluding hydrogens is 285 g/mol. The molecule has 0 fully saturated rings. The molecule has 2 unspecified atom stereocenters. The van der Waals surface area contributed by atoms with Crippen LogP contribution in [0.3, 0.4) is 0 Å². The zero-order valence-electron chi connectivity index (χ0n) is 11.3. The maximum absolute atomic E-state index is 13.3. The van der Waals surface area contributed by atoms with Crippen LogP contribution in [0.2, 0.25) is 0 Å². The Labute approximate surface area is 126 Å². The highest BCUT2D eigenvalue weighted by molar-refractivity contribution is 7.99. The van der Waals surface area contributed by atoms with Gasteiger partial charge in [-0.25, -0.2) is 4.39 Å². The van der Waals surface area contributed by atoms with Gasteiger partial charge in [-0.2, -0.15) is 0 Å². The zero-order chi connectivity index (χ0) is 14.4. The first kappa shape index (κ1) is 12.9. The van der Waals surface area contributed by atoms with E-state index in [4.69, 9.17) is 10.2 Å². The Morgan fingerprint density at radius 1 is 1.19 bits per heavy atom. The lowest BCUT2D eigenvalue weighted by Crippen LogP contribution is -2.19. The van der Waals surface area contributed by atoms with Crippen molar-refractivity contribution < 1.29 is 8.81 Å². The SMILES string of the molecule is NC(c1cc2cc(F)ccc2o1)C1CSc2ccccc21. The average molecular weight is 299 g/mol. The van der Waals surface area contributed by atoms with E-state index < -0.39 is 0 Å². The molecule has 21 heavy (non-hydrogen) atoms. The first-order valence-electron chi connectivity index (χ1n) is 6.89. The monoisotopic (exact) mass is 299 g/mol. The number of hydrogen-bond acceptors (Lipinski definition) is 3. The molecule has 0 bridgehead atoms. The molecule has 2 N–H and O–H groups in total. The molecule has 2 nitrogen and oxygen atoms in total. The second-order valence-electron chi connectivity index (χ2n) is 5.31. The van der Waals surface area contributed by atoms with Crippen LogP contribution in [0, 0.1) is 5.82 Å². The summed E-state index contributed by atoms with van der Waals surface area (Å²) in [6.07, 6.45) is 0. The molecule has 106 valence electrons. The highest BCUT2D eigenvalue weighted by Gasteiger charge is 2.30. The highest BCUT2D eigenvalue weighted by Crippen LogP contribution is 2.45. The molecule has 1 aliphatic heterocycles. The van der Waals surface area contributed by atoms with Gasteiger partial charge in [0.1, 0.15) is 17.2 Å². The number of halogens is 1. The quantitative estimate of drug-likeness (QED) is 0.759. The number of hydrogen-bond donors (Lipinski definition) is 1. The molecule has 2 heterocycles. The minimum Gasteiger partial charge on any atom is -0.459 e. The summed E-state index contributed by atoms with van der Waals surface area (Å²) in [5.41, 5.74) is 8.38. The van der Waals surface area contributed by atoms with Gasteiger partial charge in [-0.15, -0.1) is 11.8 Å². The minimum absolute atomic E-state index is 0.211. The number of benzene rings is 2. The van der Waals surface area contributed by atoms with E-state index in [1.54, 1.807) is 6.07 Å². The molecule has 2 aromatic carbocycles. The molecule has 4 heteroatoms. The van der Waals surface area contributed by atoms with Crippen molar-refractivity contribution in [2.75, 3.05) is 5.75 Å². The maximum Gasteiger partial charge on any atom is 0.134 e. The Morgan fingerprint density at radius 2 is 2.05 bits per heavy atom. The van der Waals surface area contributed by atoms with E-state index in [1.165, 1.54) is 22.6 Å². The normalized spacial score (nSPS) is 18.9. The zero-order valence-corrected chi connectivity index (χ0v) is 12.1. The average Bonchev–Trinajstić information content (AvgIpc) is 3.09. The van der Waals surface area contributed by atoms with Crippen LogP contribution in [-0.4, -0.2) is 5.75 Å². The van der Waals surface area contributed by atoms with Crippen molar-refractivity contribution >= 4 is 22.7 Å². The Hall–Kier alpha value is -1.78. The van der Waals surface area contributed by atoms with E-state index >= 15 is 0 Å². The predicted molar refractivity (Wildman–Crippen MR) is 83.0 cm³/mol. The van der Waals surface area contributed by atoms with Crippen molar-refractivity contribution in [3.05, 3.63) is 65.7 Å². The van der Waals surface area contributed by atoms with Crippen molar-refractivity contribution in [1.82, 2.24) is 0 Å². The number of thioether (sulfide) groups is 1. The second-order valence-corrected chi connectivity index (χ2v) is 6.37. The summed E-state index contributed by atoms with van der Waals surface area (Å²) in [5, 5.41) is 0.763. The Bertz CT molecular complexity index is 813. The molecule has 0 aliphatic carbocycles. The molecule has 3 aromatic rings. The lowest BCUT2D eigenvalue weighted by molar-refractivity contribution is 0.461. The number of rotatable bonds is 2. The summed E-state index contributed by atoms with van der Waals surface area (Å²) in [5.74, 6) is 1.64. The van der Waals surface area contributed by atoms with Crippen molar-refractivity contribution in [2.24, 2.45) is 5.73 Å². The Morgan fingerprint density at radius 3 is 2.95 bits per heavy atom. The molecular formula is C17H14FNOS. The van der Waals surface area contributed by atoms with Gasteiger partial charge < -0.3 is 10.2 Å². The lowest BCUT2D eigenvalue weighted by Gasteiger charge is -2.17. The van der Waals surface area contributed by atoms with Crippen LogP contribution in [0.15, 0.2) is 57.8 Å². The third kappa shape index (κ3) is 2.15. The fourth-order valence-corrected chi connectivity index (χ4v) is 4.19. The molecule has 4 rings (SSSR count). The maximum atomic E-state index is 13.3. The van der Waals surface area contributed by atoms with Crippen LogP contribution >= 0.6 is 11.8 Å². The van der Waals surface area contributed by atoms with Crippen LogP contribution in [-0.2, 0) is 0 Å². The molecule has 1 aromatic heterocycles. The number of fused-ring (bicyclic) bond motifs is 2. The van der Waals surface area contributed by atoms with Gasteiger partial charge in [0.15, 0.2) is 0 Å². The topological polar surface area (TPSA) is 39.2 Å². The predicted octanol–water partition coefficient (Wildman–Crippen LogP) is 4.46. The van der Waals surface area contributed by atoms with Crippen LogP contribution in [0.5, 0.6) is 0 Å². The van der Waals surface area contributed by atoms with E-state index in [1.807, 2.05) is 30.0 Å². The Balaban J connectivity index is 1.72. The van der Waals surface area contributed by atoms with Crippen molar-refractivity contribution in [2.45, 2.75) is 16.9 Å². The number of furan rings is 1. The molecule has 0 saturated heterocycles. The fourth-order valence-electron chi connectivity index (χ4n) is 2.88. The standard InChI is InChI=1S/C17H14FNOS/c18-11-5-6-14-10(7-11)8-15(20-14)17(19)13-9-21-16-4-2-1-3-12(13)16/h1-8,13,17H,9,19H2. The summed E-state index contributed by atoms with van der Waals surface area (Å²) in [4.78, 5) is 1.29. The summed E-state index contributed by atoms with van der Waals surface area (Å²) in [6, 6.07) is 14.5. The van der Waals surface area contributed by atoms with E-state index in [-0.39, 0.29) is 17.8 Å². The van der Waals surface area contributed by atoms with E-state index in [9.17, 15) is 4.39 Å². The van der Waals surface area contributed by atoms with Gasteiger partial charge in [0, 0.05) is 22.0 Å². The summed E-state index contributed by atoms with van der Waals surface area (Å²) in [6.45, 7) is 0. The van der Waals surface area contributed by atoms with Gasteiger partial charge >= 0.3 is 0 Å². The summed E-state index contributed by atoms with van der Waals surface area (Å²) >= 11 is 1.83. The lowest BCUT2D eigenvalue weighted by atomic mass is 9.92. The first-order valence-corrected chi connectivity index (χ1v) is 7.87. The van der Waals surface area contributed by atoms with Gasteiger partial charge in [0.05, 0.1) is 6.04 Å². The van der Waals surface area contributed by atoms with Crippen molar-refractivity contribution in [1.29, 1.82) is 0 Å². The molecule has 0 amide bonds. The first-order chi connectivity index (χ1) is 10.2. The smallest absolute Gasteiger partial charge is 0.134 e. The minimum atomic E-state index is -0.259. The molecule has 0 saturated carbocycles. The molecule has 0 spiro atoms. The highest BCUT2D eigenvalue weighted by atomic mass is 32.2. The van der Waals surface area contributed by atoms with E-state index in [0.717, 1.165) is 16.9 Å². The van der Waals surface area contributed by atoms with Crippen LogP contribution in [0.25, 0.3) is 11.0 Å². The van der Waals surface area contributed by atoms with Gasteiger partial charge in [-0.1, -0.05) is 18.2 Å². The fraction of sp³-hybridized carbons (Fsp3) is 0.176. The largest absolute Gasteiger partial charge is 0.459 e. The van der Waals surface area contributed by atoms with Gasteiger partial charge in [-0.05, 0) is 35.9 Å². The van der Waals surface area contributed by atoms with Gasteiger partial charge in [0.2, 0.25) is 0 Å². The van der Waals surface area contributed by atoms with Crippen LogP contribution in [0.4, 0.5) is 4.39 Å². The molecule has 2 atom stereocenters. The van der Waals surface area contributed by atoms with Crippen LogP contribution in [0.1, 0.15) is 23.3 Å². The van der Waals surface area contributed by atoms with Crippen molar-refractivity contribution in [3.8, 4) is 0 Å². The third-order valence-corrected chi connectivity index (χ3v) is 5.20. The number of nitrogens with two attached hydrogens (primary N) is 1. The van der Waals surface area contributed by atoms with Gasteiger partial charge in [-0.3, -0.25) is 0 Å². The summed E-state index contributed by atoms with van der Waals surface area (Å²) in [7, 11) is 0. The molecule has 1 aliphatic rings. The van der Waals surface area contributed by atoms with Gasteiger partial charge in [0.25, 0.3) is 0 Å². The summed E-state index contributed by atoms with van der Waals surface area (Å²) < 4.78 is 19.1. The molecule has 0 radical (unpaired) electrons. The Kier molecular flexibility index (Phi) is 3.01.